The van der Waals surface area contributed by atoms with E-state index in [1.165, 1.54) is 11.3 Å². The van der Waals surface area contributed by atoms with Crippen LogP contribution in [-0.2, 0) is 22.5 Å². The molecule has 6 nitrogen and oxygen atoms in total. The van der Waals surface area contributed by atoms with E-state index in [1.54, 1.807) is 4.90 Å². The largest absolute Gasteiger partial charge is 0.444 e. The minimum Gasteiger partial charge on any atom is -0.444 e. The Morgan fingerprint density at radius 2 is 1.65 bits per heavy atom. The van der Waals surface area contributed by atoms with Crippen molar-refractivity contribution < 1.29 is 14.3 Å². The van der Waals surface area contributed by atoms with Crippen molar-refractivity contribution in [3.05, 3.63) is 87.8 Å². The smallest absolute Gasteiger partial charge is 0.410 e. The Morgan fingerprint density at radius 1 is 1.06 bits per heavy atom. The van der Waals surface area contributed by atoms with Crippen molar-refractivity contribution in [2.45, 2.75) is 45.3 Å². The lowest BCUT2D eigenvalue weighted by Crippen LogP contribution is -2.39. The molecule has 2 heterocycles. The Bertz CT molecular complexity index is 1180. The molecule has 2 amide bonds. The second-order valence-corrected chi connectivity index (χ2v) is 10.3. The van der Waals surface area contributed by atoms with Crippen molar-refractivity contribution in [3.63, 3.8) is 0 Å². The van der Waals surface area contributed by atoms with Gasteiger partial charge in [0.15, 0.2) is 0 Å². The molecule has 0 spiro atoms. The van der Waals surface area contributed by atoms with E-state index in [1.807, 2.05) is 81.4 Å². The summed E-state index contributed by atoms with van der Waals surface area (Å²) in [7, 11) is 0. The number of ether oxygens (including phenoxy) is 1. The number of amides is 2. The van der Waals surface area contributed by atoms with Crippen LogP contribution in [0.4, 0.5) is 9.80 Å². The molecule has 1 aliphatic rings. The number of carbonyl (C=O) groups excluding carboxylic acids is 2. The Hall–Kier alpha value is -3.63. The third-order valence-corrected chi connectivity index (χ3v) is 6.72. The number of anilines is 1. The molecule has 1 aromatic heterocycles. The van der Waals surface area contributed by atoms with Crippen LogP contribution in [0, 0.1) is 11.3 Å². The van der Waals surface area contributed by atoms with E-state index < -0.39 is 11.5 Å². The van der Waals surface area contributed by atoms with E-state index in [0.29, 0.717) is 30.1 Å². The predicted molar refractivity (Wildman–Crippen MR) is 133 cm³/mol. The van der Waals surface area contributed by atoms with Crippen LogP contribution in [0.5, 0.6) is 0 Å². The number of carbonyl (C=O) groups is 2. The highest BCUT2D eigenvalue weighted by Crippen LogP contribution is 2.38. The molecule has 7 heteroatoms. The predicted octanol–water partition coefficient (Wildman–Crippen LogP) is 5.68. The summed E-state index contributed by atoms with van der Waals surface area (Å²) >= 11 is 1.36. The molecule has 0 bridgehead atoms. The third-order valence-electron chi connectivity index (χ3n) is 5.59. The highest BCUT2D eigenvalue weighted by molar-refractivity contribution is 7.16. The monoisotopic (exact) mass is 473 g/mol. The zero-order valence-corrected chi connectivity index (χ0v) is 20.3. The van der Waals surface area contributed by atoms with Crippen molar-refractivity contribution in [2.75, 3.05) is 11.9 Å². The van der Waals surface area contributed by atoms with E-state index in [4.69, 9.17) is 4.74 Å². The third kappa shape index (κ3) is 5.13. The van der Waals surface area contributed by atoms with Gasteiger partial charge in [-0.1, -0.05) is 60.7 Å². The van der Waals surface area contributed by atoms with Crippen LogP contribution in [0.2, 0.25) is 0 Å². The lowest BCUT2D eigenvalue weighted by Gasteiger charge is -2.29. The first-order valence-corrected chi connectivity index (χ1v) is 12.0. The molecule has 0 atom stereocenters. The van der Waals surface area contributed by atoms with Gasteiger partial charge in [0.2, 0.25) is 5.91 Å². The van der Waals surface area contributed by atoms with Gasteiger partial charge in [-0.25, -0.2) is 4.79 Å². The first-order chi connectivity index (χ1) is 16.3. The van der Waals surface area contributed by atoms with Crippen LogP contribution in [0.25, 0.3) is 0 Å². The summed E-state index contributed by atoms with van der Waals surface area (Å²) in [6.45, 7) is 6.34. The number of hydrogen-bond acceptors (Lipinski definition) is 5. The Labute approximate surface area is 203 Å². The van der Waals surface area contributed by atoms with Gasteiger partial charge in [0.25, 0.3) is 0 Å². The Kier molecular flexibility index (Phi) is 6.71. The quantitative estimate of drug-likeness (QED) is 0.528. The normalized spacial score (nSPS) is 13.2. The van der Waals surface area contributed by atoms with Gasteiger partial charge in [0.05, 0.1) is 18.0 Å². The summed E-state index contributed by atoms with van der Waals surface area (Å²) < 4.78 is 5.51. The number of nitriles is 1. The summed E-state index contributed by atoms with van der Waals surface area (Å²) in [5, 5.41) is 13.4. The number of nitrogens with one attached hydrogen (secondary N) is 1. The second kappa shape index (κ2) is 9.70. The Morgan fingerprint density at radius 3 is 2.18 bits per heavy atom. The van der Waals surface area contributed by atoms with Crippen molar-refractivity contribution in [2.24, 2.45) is 0 Å². The average molecular weight is 474 g/mol. The standard InChI is InChI=1S/C27H27N3O3S/c1-27(2,3)33-26(32)30-15-14-20-21(16-28)25(34-22(20)17-30)29-24(31)23(18-10-6-4-7-11-18)19-12-8-5-9-13-19/h4-13,23H,14-15,17H2,1-3H3,(H,29,31). The number of thiophene rings is 1. The van der Waals surface area contributed by atoms with E-state index in [2.05, 4.69) is 11.4 Å². The number of hydrogen-bond donors (Lipinski definition) is 1. The van der Waals surface area contributed by atoms with Crippen molar-refractivity contribution in [3.8, 4) is 6.07 Å². The maximum atomic E-state index is 13.5. The molecule has 1 N–H and O–H groups in total. The highest BCUT2D eigenvalue weighted by Gasteiger charge is 2.31. The molecule has 34 heavy (non-hydrogen) atoms. The lowest BCUT2D eigenvalue weighted by molar-refractivity contribution is -0.116. The van der Waals surface area contributed by atoms with Gasteiger partial charge in [0, 0.05) is 11.4 Å². The van der Waals surface area contributed by atoms with Gasteiger partial charge in [-0.15, -0.1) is 11.3 Å². The fourth-order valence-corrected chi connectivity index (χ4v) is 5.28. The zero-order valence-electron chi connectivity index (χ0n) is 19.5. The fourth-order valence-electron chi connectivity index (χ4n) is 4.06. The molecular weight excluding hydrogens is 446 g/mol. The van der Waals surface area contributed by atoms with E-state index in [0.717, 1.165) is 21.6 Å². The molecule has 0 unspecified atom stereocenters. The molecule has 174 valence electrons. The minimum absolute atomic E-state index is 0.198. The van der Waals surface area contributed by atoms with Crippen molar-refractivity contribution in [1.82, 2.24) is 4.90 Å². The number of benzene rings is 2. The average Bonchev–Trinajstić information content (AvgIpc) is 3.15. The van der Waals surface area contributed by atoms with E-state index >= 15 is 0 Å². The van der Waals surface area contributed by atoms with Gasteiger partial charge in [0.1, 0.15) is 16.7 Å². The maximum absolute atomic E-state index is 13.5. The van der Waals surface area contributed by atoms with Crippen molar-refractivity contribution in [1.29, 1.82) is 5.26 Å². The molecule has 4 rings (SSSR count). The van der Waals surface area contributed by atoms with Crippen molar-refractivity contribution >= 4 is 28.3 Å². The summed E-state index contributed by atoms with van der Waals surface area (Å²) in [6, 6.07) is 21.5. The zero-order chi connectivity index (χ0) is 24.3. The number of fused-ring (bicyclic) bond motifs is 1. The first-order valence-electron chi connectivity index (χ1n) is 11.2. The summed E-state index contributed by atoms with van der Waals surface area (Å²) in [5.41, 5.74) is 2.56. The van der Waals surface area contributed by atoms with Gasteiger partial charge in [-0.3, -0.25) is 4.79 Å². The van der Waals surface area contributed by atoms with E-state index in [9.17, 15) is 14.9 Å². The number of rotatable bonds is 4. The molecular formula is C27H27N3O3S. The van der Waals surface area contributed by atoms with Gasteiger partial charge in [-0.05, 0) is 43.9 Å². The Balaban J connectivity index is 1.60. The minimum atomic E-state index is -0.576. The number of nitrogens with zero attached hydrogens (tertiary/aromatic N) is 2. The van der Waals surface area contributed by atoms with Crippen LogP contribution >= 0.6 is 11.3 Å². The molecule has 0 saturated carbocycles. The fraction of sp³-hybridized carbons (Fsp3) is 0.296. The second-order valence-electron chi connectivity index (χ2n) is 9.22. The molecule has 2 aromatic carbocycles. The summed E-state index contributed by atoms with van der Waals surface area (Å²) in [4.78, 5) is 28.6. The molecule has 0 saturated heterocycles. The van der Waals surface area contributed by atoms with Crippen LogP contribution < -0.4 is 5.32 Å². The van der Waals surface area contributed by atoms with Gasteiger partial charge in [-0.2, -0.15) is 5.26 Å². The van der Waals surface area contributed by atoms with Crippen LogP contribution in [0.3, 0.4) is 0 Å². The van der Waals surface area contributed by atoms with Crippen LogP contribution in [-0.4, -0.2) is 29.0 Å². The lowest BCUT2D eigenvalue weighted by atomic mass is 9.90. The molecule has 0 aliphatic carbocycles. The maximum Gasteiger partial charge on any atom is 0.410 e. The van der Waals surface area contributed by atoms with E-state index in [-0.39, 0.29) is 12.0 Å². The highest BCUT2D eigenvalue weighted by atomic mass is 32.1. The summed E-state index contributed by atoms with van der Waals surface area (Å²) in [6.07, 6.45) is 0.175. The molecule has 0 radical (unpaired) electrons. The topological polar surface area (TPSA) is 82.4 Å². The molecule has 1 aliphatic heterocycles. The first kappa shape index (κ1) is 23.5. The summed E-state index contributed by atoms with van der Waals surface area (Å²) in [5.74, 6) is -0.706. The molecule has 0 fully saturated rings. The van der Waals surface area contributed by atoms with Gasteiger partial charge < -0.3 is 15.0 Å². The van der Waals surface area contributed by atoms with Crippen LogP contribution in [0.15, 0.2) is 60.7 Å². The molecule has 3 aromatic rings. The van der Waals surface area contributed by atoms with Crippen LogP contribution in [0.1, 0.15) is 53.8 Å². The van der Waals surface area contributed by atoms with Gasteiger partial charge >= 0.3 is 6.09 Å². The SMILES string of the molecule is CC(C)(C)OC(=O)N1CCc2c(sc(NC(=O)C(c3ccccc3)c3ccccc3)c2C#N)C1.